The minimum absolute atomic E-state index is 0. The average molecular weight is 432 g/mol. The van der Waals surface area contributed by atoms with E-state index in [4.69, 9.17) is 5.11 Å². The fourth-order valence-electron chi connectivity index (χ4n) is 8.68. The quantitative estimate of drug-likeness (QED) is 0.513. The van der Waals surface area contributed by atoms with Crippen LogP contribution < -0.4 is 0 Å². The average Bonchev–Trinajstić information content (AvgIpc) is 3.01. The molecule has 0 aliphatic heterocycles. The number of rotatable bonds is 4. The molecule has 4 fully saturated rings. The minimum atomic E-state index is -0.748. The van der Waals surface area contributed by atoms with Crippen molar-refractivity contribution in [3.63, 3.8) is 0 Å². The van der Waals surface area contributed by atoms with Crippen LogP contribution in [0.1, 0.15) is 78.6 Å². The maximum atomic E-state index is 11.5. The van der Waals surface area contributed by atoms with E-state index in [-0.39, 0.29) is 70.9 Å². The normalized spacial score (nSPS) is 51.1. The van der Waals surface area contributed by atoms with Crippen molar-refractivity contribution in [3.8, 4) is 0 Å². The summed E-state index contributed by atoms with van der Waals surface area (Å²) >= 11 is 0. The number of aliphatic carboxylic acids is 1. The van der Waals surface area contributed by atoms with E-state index in [1.54, 1.807) is 0 Å². The monoisotopic (exact) mass is 431 g/mol. The molecule has 30 heavy (non-hydrogen) atoms. The smallest absolute Gasteiger partial charge is 0.303 e. The molecule has 0 bridgehead atoms. The molecule has 6 heteroatoms. The minimum Gasteiger partial charge on any atom is -0.481 e. The van der Waals surface area contributed by atoms with Crippen molar-refractivity contribution >= 4 is 35.5 Å². The zero-order valence-corrected chi connectivity index (χ0v) is 21.3. The molecule has 0 aromatic rings. The van der Waals surface area contributed by atoms with Gasteiger partial charge >= 0.3 is 5.97 Å². The fourth-order valence-corrected chi connectivity index (χ4v) is 8.68. The van der Waals surface area contributed by atoms with Crippen molar-refractivity contribution in [2.75, 3.05) is 0 Å². The fraction of sp³-hybridized carbons (Fsp3) is 0.958. The second-order valence-corrected chi connectivity index (χ2v) is 11.4. The third-order valence-corrected chi connectivity index (χ3v) is 10.3. The van der Waals surface area contributed by atoms with Gasteiger partial charge in [-0.15, -0.1) is 0 Å². The van der Waals surface area contributed by atoms with Crippen molar-refractivity contribution in [3.05, 3.63) is 0 Å². The molecule has 4 aliphatic rings. The Balaban J connectivity index is 0.00000256. The maximum absolute atomic E-state index is 11.5. The van der Waals surface area contributed by atoms with E-state index in [2.05, 4.69) is 20.8 Å². The molecule has 4 N–H and O–H groups in total. The van der Waals surface area contributed by atoms with Gasteiger partial charge in [0.1, 0.15) is 0 Å². The first-order valence-electron chi connectivity index (χ1n) is 11.8. The molecule has 1 radical (unpaired) electrons. The van der Waals surface area contributed by atoms with Crippen molar-refractivity contribution in [1.82, 2.24) is 0 Å². The van der Waals surface area contributed by atoms with Gasteiger partial charge in [-0.3, -0.25) is 4.79 Å². The second-order valence-electron chi connectivity index (χ2n) is 11.4. The summed E-state index contributed by atoms with van der Waals surface area (Å²) in [6.45, 7) is 6.72. The van der Waals surface area contributed by atoms with Gasteiger partial charge < -0.3 is 20.4 Å². The summed E-state index contributed by atoms with van der Waals surface area (Å²) in [4.78, 5) is 11.1. The maximum Gasteiger partial charge on any atom is 0.303 e. The molecule has 167 valence electrons. The number of hydrogen-bond donors (Lipinski definition) is 4. The third kappa shape index (κ3) is 3.84. The first kappa shape index (κ1) is 25.0. The molecule has 11 atom stereocenters. The van der Waals surface area contributed by atoms with Crippen LogP contribution in [0.15, 0.2) is 0 Å². The number of carboxylic acids is 1. The Morgan fingerprint density at radius 2 is 1.73 bits per heavy atom. The first-order chi connectivity index (χ1) is 13.6. The zero-order chi connectivity index (χ0) is 21.1. The van der Waals surface area contributed by atoms with Gasteiger partial charge in [-0.2, -0.15) is 0 Å². The van der Waals surface area contributed by atoms with Crippen LogP contribution in [0.25, 0.3) is 0 Å². The van der Waals surface area contributed by atoms with E-state index < -0.39 is 12.1 Å². The Kier molecular flexibility index (Phi) is 7.45. The predicted molar refractivity (Wildman–Crippen MR) is 116 cm³/mol. The number of fused-ring (bicyclic) bond motifs is 5. The van der Waals surface area contributed by atoms with Crippen molar-refractivity contribution in [2.24, 2.45) is 46.3 Å². The molecule has 4 aliphatic carbocycles. The number of aliphatic hydroxyl groups excluding tert-OH is 3. The second kappa shape index (κ2) is 8.95. The number of aliphatic hydroxyl groups is 3. The SMILES string of the molecule is C[C@H](CCC(=O)O)[C@H]1CC[C@H]2[C@@H]3[C@H](O)C[C@@H]4C[C@H](O)CC[C@]4(C)[C@H]3C[C@H](O)[C@]12C.[Na]. The van der Waals surface area contributed by atoms with Crippen molar-refractivity contribution in [1.29, 1.82) is 0 Å². The number of hydrogen-bond acceptors (Lipinski definition) is 4. The molecule has 0 aromatic carbocycles. The third-order valence-electron chi connectivity index (χ3n) is 10.3. The Labute approximate surface area is 203 Å². The van der Waals surface area contributed by atoms with Gasteiger partial charge in [0.05, 0.1) is 18.3 Å². The molecule has 0 amide bonds. The zero-order valence-electron chi connectivity index (χ0n) is 19.3. The number of carbonyl (C=O) groups is 1. The Bertz CT molecular complexity index is 643. The van der Waals surface area contributed by atoms with Gasteiger partial charge in [0.25, 0.3) is 0 Å². The number of carboxylic acid groups (broad SMARTS) is 1. The summed E-state index contributed by atoms with van der Waals surface area (Å²) in [5, 5.41) is 42.0. The van der Waals surface area contributed by atoms with Crippen molar-refractivity contribution in [2.45, 2.75) is 96.9 Å². The first-order valence-corrected chi connectivity index (χ1v) is 11.8. The van der Waals surface area contributed by atoms with Gasteiger partial charge in [-0.25, -0.2) is 0 Å². The van der Waals surface area contributed by atoms with Gasteiger partial charge in [0.2, 0.25) is 0 Å². The van der Waals surface area contributed by atoms with Crippen LogP contribution in [0, 0.1) is 46.3 Å². The van der Waals surface area contributed by atoms with Gasteiger partial charge in [0.15, 0.2) is 0 Å². The van der Waals surface area contributed by atoms with Crippen LogP contribution in [0.3, 0.4) is 0 Å². The van der Waals surface area contributed by atoms with Crippen LogP contribution >= 0.6 is 0 Å². The van der Waals surface area contributed by atoms with Crippen LogP contribution in [-0.2, 0) is 4.79 Å². The summed E-state index contributed by atoms with van der Waals surface area (Å²) < 4.78 is 0. The molecule has 4 rings (SSSR count). The molecular formula is C24H40NaO5. The summed E-state index contributed by atoms with van der Waals surface area (Å²) in [5.41, 5.74) is -0.143. The van der Waals surface area contributed by atoms with Crippen LogP contribution in [0.5, 0.6) is 0 Å². The molecule has 0 unspecified atom stereocenters. The molecule has 4 saturated carbocycles. The molecular weight excluding hydrogens is 391 g/mol. The predicted octanol–water partition coefficient (Wildman–Crippen LogP) is 3.07. The van der Waals surface area contributed by atoms with E-state index in [1.807, 2.05) is 0 Å². The molecule has 0 saturated heterocycles. The van der Waals surface area contributed by atoms with Gasteiger partial charge in [-0.05, 0) is 97.7 Å². The van der Waals surface area contributed by atoms with Gasteiger partial charge in [0, 0.05) is 36.0 Å². The van der Waals surface area contributed by atoms with Gasteiger partial charge in [-0.1, -0.05) is 20.8 Å². The Morgan fingerprint density at radius 3 is 2.40 bits per heavy atom. The molecule has 0 spiro atoms. The summed E-state index contributed by atoms with van der Waals surface area (Å²) in [6.07, 6.45) is 6.00. The van der Waals surface area contributed by atoms with Crippen LogP contribution in [0.2, 0.25) is 0 Å². The summed E-state index contributed by atoms with van der Waals surface area (Å²) in [7, 11) is 0. The Hall–Kier alpha value is 0.350. The van der Waals surface area contributed by atoms with E-state index in [0.717, 1.165) is 44.9 Å². The summed E-state index contributed by atoms with van der Waals surface area (Å²) in [5.74, 6) is 0.997. The molecule has 0 aromatic heterocycles. The van der Waals surface area contributed by atoms with E-state index in [1.165, 1.54) is 0 Å². The van der Waals surface area contributed by atoms with E-state index in [9.17, 15) is 20.1 Å². The largest absolute Gasteiger partial charge is 0.481 e. The summed E-state index contributed by atoms with van der Waals surface area (Å²) in [6, 6.07) is 0. The molecule has 0 heterocycles. The van der Waals surface area contributed by atoms with Crippen molar-refractivity contribution < 1.29 is 25.2 Å². The van der Waals surface area contributed by atoms with E-state index >= 15 is 0 Å². The van der Waals surface area contributed by atoms with Crippen LogP contribution in [0.4, 0.5) is 0 Å². The standard InChI is InChI=1S/C24H40O5.Na/c1-13(4-7-21(28)29)16-5-6-17-22-18(12-20(27)24(16,17)3)23(2)9-8-15(25)10-14(23)11-19(22)26;/h13-20,22,25-27H,4-12H2,1-3H3,(H,28,29);/t13-,14+,15-,16-,17+,18+,19-,20+,22+,23+,24-;/m1./s1. The Morgan fingerprint density at radius 1 is 1.03 bits per heavy atom. The van der Waals surface area contributed by atoms with Crippen LogP contribution in [-0.4, -0.2) is 74.3 Å². The topological polar surface area (TPSA) is 98.0 Å². The molecule has 5 nitrogen and oxygen atoms in total. The van der Waals surface area contributed by atoms with E-state index in [0.29, 0.717) is 30.1 Å².